The smallest absolute Gasteiger partial charge is 0.435 e. The molecule has 1 aromatic carbocycles. The molecule has 1 N–H and O–H groups in total. The molecule has 0 amide bonds. The van der Waals surface area contributed by atoms with Crippen LogP contribution in [0.15, 0.2) is 49.1 Å². The molecule has 0 fully saturated rings. The van der Waals surface area contributed by atoms with Crippen molar-refractivity contribution in [3.8, 4) is 28.4 Å². The molecule has 0 saturated carbocycles. The predicted molar refractivity (Wildman–Crippen MR) is 110 cm³/mol. The van der Waals surface area contributed by atoms with Gasteiger partial charge < -0.3 is 9.30 Å². The molecule has 4 heterocycles. The number of halogens is 4. The van der Waals surface area contributed by atoms with E-state index < -0.39 is 11.9 Å². The van der Waals surface area contributed by atoms with Crippen molar-refractivity contribution in [1.82, 2.24) is 29.9 Å². The van der Waals surface area contributed by atoms with Crippen LogP contribution in [0.4, 0.5) is 13.2 Å². The summed E-state index contributed by atoms with van der Waals surface area (Å²) in [6, 6.07) is 8.68. The van der Waals surface area contributed by atoms with E-state index >= 15 is 0 Å². The van der Waals surface area contributed by atoms with Gasteiger partial charge in [0.15, 0.2) is 5.69 Å². The number of ether oxygens (including phenoxy) is 1. The van der Waals surface area contributed by atoms with Crippen molar-refractivity contribution in [3.63, 3.8) is 0 Å². The van der Waals surface area contributed by atoms with Crippen LogP contribution in [-0.2, 0) is 12.7 Å². The van der Waals surface area contributed by atoms with E-state index in [4.69, 9.17) is 16.3 Å². The molecule has 0 aliphatic carbocycles. The number of H-pyrrole nitrogens is 1. The molecule has 0 bridgehead atoms. The summed E-state index contributed by atoms with van der Waals surface area (Å²) in [4.78, 5) is 8.66. The van der Waals surface area contributed by atoms with Crippen LogP contribution in [-0.4, -0.2) is 36.6 Å². The quantitative estimate of drug-likeness (QED) is 0.465. The largest absolute Gasteiger partial charge is 0.492 e. The molecule has 0 spiro atoms. The Bertz CT molecular complexity index is 1270. The lowest BCUT2D eigenvalue weighted by Crippen LogP contribution is -2.18. The summed E-state index contributed by atoms with van der Waals surface area (Å²) >= 11 is 6.26. The monoisotopic (exact) mass is 460 g/mol. The van der Waals surface area contributed by atoms with Crippen LogP contribution < -0.4 is 4.74 Å². The summed E-state index contributed by atoms with van der Waals surface area (Å²) < 4.78 is 47.2. The van der Waals surface area contributed by atoms with Gasteiger partial charge >= 0.3 is 6.18 Å². The first-order valence-corrected chi connectivity index (χ1v) is 10.2. The number of hydrogen-bond acceptors (Lipinski definition) is 5. The highest BCUT2D eigenvalue weighted by atomic mass is 35.5. The number of pyridine rings is 1. The van der Waals surface area contributed by atoms with Crippen LogP contribution in [0.1, 0.15) is 23.6 Å². The number of imidazole rings is 1. The standard InChI is InChI=1S/C21H16ClF3N6O/c22-15-3-1-2-14-13(5-7-32-19(14)15)9-31-10-17(27-11-31)16-8-12(4-6-26-16)18-20(21(23,24)25)29-30-28-18/h1-4,6,8,10-11,13H,5,7,9H2,(H,28,29,30)/t13-/m0/s1. The average Bonchev–Trinajstić information content (AvgIpc) is 3.44. The number of alkyl halides is 3. The number of aromatic nitrogens is 6. The number of benzene rings is 1. The highest BCUT2D eigenvalue weighted by Gasteiger charge is 2.37. The Balaban J connectivity index is 1.41. The maximum Gasteiger partial charge on any atom is 0.435 e. The minimum Gasteiger partial charge on any atom is -0.492 e. The first kappa shape index (κ1) is 20.5. The molecule has 0 radical (unpaired) electrons. The maximum absolute atomic E-state index is 13.2. The lowest BCUT2D eigenvalue weighted by Gasteiger charge is -2.26. The number of rotatable bonds is 4. The van der Waals surface area contributed by atoms with Crippen LogP contribution in [0.5, 0.6) is 5.75 Å². The Morgan fingerprint density at radius 1 is 1.19 bits per heavy atom. The highest BCUT2D eigenvalue weighted by molar-refractivity contribution is 6.32. The first-order chi connectivity index (χ1) is 15.4. The third-order valence-corrected chi connectivity index (χ3v) is 5.64. The van der Waals surface area contributed by atoms with E-state index in [0.717, 1.165) is 12.0 Å². The van der Waals surface area contributed by atoms with E-state index in [1.165, 1.54) is 18.3 Å². The summed E-state index contributed by atoms with van der Waals surface area (Å²) in [5.74, 6) is 0.913. The number of nitrogens with zero attached hydrogens (tertiary/aromatic N) is 5. The fourth-order valence-electron chi connectivity index (χ4n) is 3.84. The molecule has 4 aromatic rings. The lowest BCUT2D eigenvalue weighted by atomic mass is 9.93. The molecule has 1 atom stereocenters. The van der Waals surface area contributed by atoms with E-state index in [1.54, 1.807) is 12.4 Å². The van der Waals surface area contributed by atoms with E-state index in [1.807, 2.05) is 28.0 Å². The molecule has 1 aliphatic rings. The van der Waals surface area contributed by atoms with Gasteiger partial charge in [0.05, 0.1) is 23.7 Å². The van der Waals surface area contributed by atoms with Crippen molar-refractivity contribution in [2.45, 2.75) is 25.1 Å². The fraction of sp³-hybridized carbons (Fsp3) is 0.238. The van der Waals surface area contributed by atoms with Gasteiger partial charge in [0.2, 0.25) is 0 Å². The maximum atomic E-state index is 13.2. The molecule has 1 aliphatic heterocycles. The zero-order valence-electron chi connectivity index (χ0n) is 16.5. The number of nitrogens with one attached hydrogen (secondary N) is 1. The zero-order chi connectivity index (χ0) is 22.3. The second kappa shape index (κ2) is 7.94. The summed E-state index contributed by atoms with van der Waals surface area (Å²) in [6.07, 6.45) is 1.17. The number of fused-ring (bicyclic) bond motifs is 1. The van der Waals surface area contributed by atoms with Gasteiger partial charge in [-0.1, -0.05) is 28.9 Å². The van der Waals surface area contributed by atoms with Crippen molar-refractivity contribution >= 4 is 11.6 Å². The Hall–Kier alpha value is -3.40. The van der Waals surface area contributed by atoms with E-state index in [0.29, 0.717) is 35.3 Å². The molecule has 164 valence electrons. The Morgan fingerprint density at radius 3 is 2.91 bits per heavy atom. The number of aromatic amines is 1. The Labute approximate surface area is 185 Å². The fourth-order valence-corrected chi connectivity index (χ4v) is 4.08. The topological polar surface area (TPSA) is 81.5 Å². The van der Waals surface area contributed by atoms with Gasteiger partial charge in [0.1, 0.15) is 17.1 Å². The first-order valence-electron chi connectivity index (χ1n) is 9.78. The molecule has 11 heteroatoms. The average molecular weight is 461 g/mol. The molecule has 32 heavy (non-hydrogen) atoms. The van der Waals surface area contributed by atoms with Crippen LogP contribution in [0.3, 0.4) is 0 Å². The number of hydrogen-bond donors (Lipinski definition) is 1. The molecule has 7 nitrogen and oxygen atoms in total. The van der Waals surface area contributed by atoms with Crippen molar-refractivity contribution in [2.75, 3.05) is 6.61 Å². The van der Waals surface area contributed by atoms with Crippen molar-refractivity contribution in [3.05, 3.63) is 65.3 Å². The third kappa shape index (κ3) is 3.81. The minimum atomic E-state index is -4.59. The number of para-hydroxylation sites is 1. The van der Waals surface area contributed by atoms with Crippen LogP contribution in [0, 0.1) is 0 Å². The molecule has 3 aromatic heterocycles. The van der Waals surface area contributed by atoms with Gasteiger partial charge in [-0.05, 0) is 24.6 Å². The van der Waals surface area contributed by atoms with Crippen molar-refractivity contribution < 1.29 is 17.9 Å². The third-order valence-electron chi connectivity index (χ3n) is 5.34. The van der Waals surface area contributed by atoms with Crippen LogP contribution in [0.25, 0.3) is 22.6 Å². The Kier molecular flexibility index (Phi) is 5.09. The Morgan fingerprint density at radius 2 is 2.06 bits per heavy atom. The van der Waals surface area contributed by atoms with Gasteiger partial charge in [-0.25, -0.2) is 4.98 Å². The summed E-state index contributed by atoms with van der Waals surface area (Å²) in [6.45, 7) is 1.23. The van der Waals surface area contributed by atoms with E-state index in [9.17, 15) is 13.2 Å². The molecule has 5 rings (SSSR count). The molecular formula is C21H16ClF3N6O. The van der Waals surface area contributed by atoms with Gasteiger partial charge in [0, 0.05) is 36.0 Å². The molecule has 0 unspecified atom stereocenters. The summed E-state index contributed by atoms with van der Waals surface area (Å²) in [5, 5.41) is 9.41. The summed E-state index contributed by atoms with van der Waals surface area (Å²) in [5.41, 5.74) is 0.992. The second-order valence-electron chi connectivity index (χ2n) is 7.41. The molecular weight excluding hydrogens is 445 g/mol. The normalized spacial score (nSPS) is 15.9. The highest BCUT2D eigenvalue weighted by Crippen LogP contribution is 2.39. The van der Waals surface area contributed by atoms with Crippen molar-refractivity contribution in [1.29, 1.82) is 0 Å². The lowest BCUT2D eigenvalue weighted by molar-refractivity contribution is -0.140. The van der Waals surface area contributed by atoms with Gasteiger partial charge in [-0.2, -0.15) is 13.2 Å². The second-order valence-corrected chi connectivity index (χ2v) is 7.82. The van der Waals surface area contributed by atoms with E-state index in [-0.39, 0.29) is 17.2 Å². The van der Waals surface area contributed by atoms with Gasteiger partial charge in [-0.15, -0.1) is 5.10 Å². The molecule has 0 saturated heterocycles. The zero-order valence-corrected chi connectivity index (χ0v) is 17.2. The van der Waals surface area contributed by atoms with Crippen LogP contribution in [0.2, 0.25) is 5.02 Å². The van der Waals surface area contributed by atoms with Crippen molar-refractivity contribution in [2.24, 2.45) is 0 Å². The predicted octanol–water partition coefficient (Wildman–Crippen LogP) is 4.97. The van der Waals surface area contributed by atoms with Crippen LogP contribution >= 0.6 is 11.6 Å². The summed E-state index contributed by atoms with van der Waals surface area (Å²) in [7, 11) is 0. The van der Waals surface area contributed by atoms with Gasteiger partial charge in [-0.3, -0.25) is 10.1 Å². The minimum absolute atomic E-state index is 0.197. The SMILES string of the molecule is FC(F)(F)c1[nH]nnc1-c1ccnc(-c2cn(C[C@@H]3CCOc4c(Cl)cccc43)cn2)c1. The van der Waals surface area contributed by atoms with E-state index in [2.05, 4.69) is 20.3 Å². The van der Waals surface area contributed by atoms with Gasteiger partial charge in [0.25, 0.3) is 0 Å².